The molecule has 0 bridgehead atoms. The molecule has 0 aromatic carbocycles. The number of hydrogen-bond acceptors (Lipinski definition) is 10. The van der Waals surface area contributed by atoms with Crippen LogP contribution in [0.2, 0.25) is 0 Å². The van der Waals surface area contributed by atoms with Crippen molar-refractivity contribution in [2.45, 2.75) is 94.1 Å². The van der Waals surface area contributed by atoms with Crippen LogP contribution in [0.4, 0.5) is 0 Å². The van der Waals surface area contributed by atoms with E-state index in [2.05, 4.69) is 10.3 Å². The van der Waals surface area contributed by atoms with E-state index in [4.69, 9.17) is 28.0 Å². The van der Waals surface area contributed by atoms with Gasteiger partial charge in [-0.25, -0.2) is 0 Å². The monoisotopic (exact) mass is 566 g/mol. The van der Waals surface area contributed by atoms with Gasteiger partial charge < -0.3 is 48.1 Å². The molecule has 0 atom stereocenters. The minimum absolute atomic E-state index is 0. The van der Waals surface area contributed by atoms with E-state index in [0.29, 0.717) is 45.6 Å². The molecule has 224 valence electrons. The molecule has 0 radical (unpaired) electrons. The van der Waals surface area contributed by atoms with Crippen molar-refractivity contribution >= 4 is 23.7 Å². The summed E-state index contributed by atoms with van der Waals surface area (Å²) >= 11 is 0. The molecule has 0 saturated heterocycles. The molecule has 11 nitrogen and oxygen atoms in total. The van der Waals surface area contributed by atoms with E-state index in [1.54, 1.807) is 47.8 Å². The number of Topliss-reactive ketones (excluding diaryl/α,β-unsaturated/α-hetero) is 2. The van der Waals surface area contributed by atoms with E-state index in [9.17, 15) is 19.5 Å². The molecule has 0 aliphatic rings. The van der Waals surface area contributed by atoms with E-state index in [1.165, 1.54) is 6.92 Å². The smallest absolute Gasteiger partial charge is 0.850 e. The number of carbonyl (C=O) groups excluding carboxylic acids is 3. The van der Waals surface area contributed by atoms with Crippen LogP contribution >= 0.6 is 0 Å². The van der Waals surface area contributed by atoms with Crippen LogP contribution in [0.3, 0.4) is 0 Å². The van der Waals surface area contributed by atoms with Crippen molar-refractivity contribution < 1.29 is 77.4 Å². The molecule has 0 aliphatic carbocycles. The second-order valence-corrected chi connectivity index (χ2v) is 7.84. The van der Waals surface area contributed by atoms with Gasteiger partial charge in [0.25, 0.3) is 0 Å². The van der Waals surface area contributed by atoms with E-state index in [0.717, 1.165) is 19.4 Å². The number of hydrogen-bond donors (Lipinski definition) is 6. The first kappa shape index (κ1) is 56.9. The molecule has 0 aromatic rings. The van der Waals surface area contributed by atoms with E-state index in [1.807, 2.05) is 6.92 Å². The predicted octanol–water partition coefficient (Wildman–Crippen LogP) is -2.22. The third kappa shape index (κ3) is 186. The number of ketones is 2. The molecule has 10 N–H and O–H groups in total. The first-order valence-electron chi connectivity index (χ1n) is 11.9. The molecule has 0 heterocycles. The third-order valence-electron chi connectivity index (χ3n) is 2.42. The van der Waals surface area contributed by atoms with E-state index < -0.39 is 5.60 Å². The predicted molar refractivity (Wildman–Crippen MR) is 155 cm³/mol. The van der Waals surface area contributed by atoms with Gasteiger partial charge in [0.1, 0.15) is 11.6 Å². The Morgan fingerprint density at radius 1 is 0.919 bits per heavy atom. The Labute approximate surface area is 272 Å². The first-order valence-corrected chi connectivity index (χ1v) is 11.9. The number of carbonyl (C=O) groups is 3. The van der Waals surface area contributed by atoms with Crippen LogP contribution < -0.4 is 84.7 Å². The number of aliphatic hydroxyl groups is 1. The summed E-state index contributed by atoms with van der Waals surface area (Å²) in [5.41, 5.74) is 19.3. The van der Waals surface area contributed by atoms with Crippen LogP contribution in [0.5, 0.6) is 0 Å². The van der Waals surface area contributed by atoms with Crippen molar-refractivity contribution in [2.24, 2.45) is 27.9 Å². The zero-order chi connectivity index (χ0) is 29.1. The van der Waals surface area contributed by atoms with Gasteiger partial charge in [-0.2, -0.15) is 0 Å². The molecule has 0 aromatic heterocycles. The van der Waals surface area contributed by atoms with Crippen LogP contribution in [-0.4, -0.2) is 80.3 Å². The topological polar surface area (TPSA) is 223 Å². The van der Waals surface area contributed by atoms with Crippen molar-refractivity contribution in [3.63, 3.8) is 0 Å². The Kier molecular flexibility index (Phi) is 80.5. The zero-order valence-corrected chi connectivity index (χ0v) is 27.8. The Hall–Kier alpha value is -0.124. The Morgan fingerprint density at radius 2 is 1.27 bits per heavy atom. The zero-order valence-electron chi connectivity index (χ0n) is 24.7. The van der Waals surface area contributed by atoms with E-state index in [-0.39, 0.29) is 84.3 Å². The summed E-state index contributed by atoms with van der Waals surface area (Å²) in [7, 11) is 0. The Morgan fingerprint density at radius 3 is 1.43 bits per heavy atom. The Balaban J connectivity index is -0.0000000389. The van der Waals surface area contributed by atoms with Gasteiger partial charge in [-0.1, -0.05) is 28.2 Å². The molecule has 0 unspecified atom stereocenters. The van der Waals surface area contributed by atoms with Crippen molar-refractivity contribution in [3.8, 4) is 0 Å². The summed E-state index contributed by atoms with van der Waals surface area (Å²) in [5, 5.41) is 20.3. The molecule has 0 spiro atoms. The maximum atomic E-state index is 10.4. The third-order valence-corrected chi connectivity index (χ3v) is 2.42. The summed E-state index contributed by atoms with van der Waals surface area (Å²) in [5.74, 6) is 0.361. The van der Waals surface area contributed by atoms with Gasteiger partial charge in [0.2, 0.25) is 5.91 Å². The quantitative estimate of drug-likeness (QED) is 0.0955. The van der Waals surface area contributed by atoms with Gasteiger partial charge in [-0.05, 0) is 53.3 Å². The number of amides is 1. The molecule has 12 heteroatoms. The van der Waals surface area contributed by atoms with Gasteiger partial charge in [0, 0.05) is 54.0 Å². The standard InChI is InChI=1S/C7H13NO2.C5H11NO.C4H10N2.C4H9O.C2H8N2.C2H6O.CH4.K.H2/c1-6(9)4-3-5-8-7(2)10;1-5(7)3-2-4-6;1-2-6-4-3-5;1-4(2,3)5;3-1-2-4;1-2-3;;;/h3-5H2,1-2H3,(H,8,10);2-4,6H2,1H3;2H,3-5H2,1H3;1-3H3;1-4H2;3H,2H2,1H3;1H4;;1H/q;;;-1;;;;+1;. The molecule has 1 amide bonds. The van der Waals surface area contributed by atoms with Crippen molar-refractivity contribution in [3.05, 3.63) is 0 Å². The number of nitrogens with zero attached hydrogens (tertiary/aromatic N) is 1. The summed E-state index contributed by atoms with van der Waals surface area (Å²) in [4.78, 5) is 34.7. The van der Waals surface area contributed by atoms with Crippen LogP contribution in [-0.2, 0) is 14.4 Å². The largest absolute Gasteiger partial charge is 1.00 e. The fourth-order valence-corrected chi connectivity index (χ4v) is 1.16. The summed E-state index contributed by atoms with van der Waals surface area (Å²) in [6.45, 7) is 17.1. The van der Waals surface area contributed by atoms with Gasteiger partial charge in [-0.3, -0.25) is 9.79 Å². The summed E-state index contributed by atoms with van der Waals surface area (Å²) in [6, 6.07) is 0. The average molecular weight is 567 g/mol. The second kappa shape index (κ2) is 52.3. The van der Waals surface area contributed by atoms with E-state index >= 15 is 0 Å². The number of nitrogens with two attached hydrogens (primary N) is 4. The number of rotatable bonds is 10. The first-order chi connectivity index (χ1) is 16.1. The fourth-order valence-electron chi connectivity index (χ4n) is 1.16. The Bertz CT molecular complexity index is 446. The number of aliphatic imine (C=N–C) groups is 1. The molecule has 0 saturated carbocycles. The minimum Gasteiger partial charge on any atom is -0.850 e. The van der Waals surface area contributed by atoms with Gasteiger partial charge >= 0.3 is 51.4 Å². The normalized spacial score (nSPS) is 8.70. The number of aliphatic hydroxyl groups excluding tert-OH is 1. The van der Waals surface area contributed by atoms with Gasteiger partial charge in [0.05, 0.1) is 6.54 Å². The van der Waals surface area contributed by atoms with Crippen LogP contribution in [0.25, 0.3) is 0 Å². The fraction of sp³-hybridized carbons (Fsp3) is 0.840. The summed E-state index contributed by atoms with van der Waals surface area (Å²) < 4.78 is 0. The van der Waals surface area contributed by atoms with Gasteiger partial charge in [-0.15, -0.1) is 5.60 Å². The average Bonchev–Trinajstić information content (AvgIpc) is 2.74. The molecule has 0 aliphatic heterocycles. The molecule has 0 fully saturated rings. The second-order valence-electron chi connectivity index (χ2n) is 7.84. The van der Waals surface area contributed by atoms with Crippen LogP contribution in [0.15, 0.2) is 4.99 Å². The van der Waals surface area contributed by atoms with Crippen LogP contribution in [0.1, 0.15) is 89.9 Å². The molecular weight excluding hydrogens is 503 g/mol. The van der Waals surface area contributed by atoms with Crippen LogP contribution in [0, 0.1) is 0 Å². The van der Waals surface area contributed by atoms with Crippen molar-refractivity contribution in [2.75, 3.05) is 45.9 Å². The summed E-state index contributed by atoms with van der Waals surface area (Å²) in [6.07, 6.45) is 4.52. The molecule has 0 rings (SSSR count). The van der Waals surface area contributed by atoms with Crippen molar-refractivity contribution in [1.82, 2.24) is 5.32 Å². The molecular formula is C25H63KN6O5. The number of nitrogens with one attached hydrogen (secondary N) is 1. The minimum atomic E-state index is -0.750. The molecule has 37 heavy (non-hydrogen) atoms. The maximum absolute atomic E-state index is 10.4. The SMILES string of the molecule is C.CC(=O)CCCN.CC(=O)CCCNC(C)=O.CC(C)(C)[O-].CC=NCCN.CCO.NCCN.[HH].[K+]. The maximum Gasteiger partial charge on any atom is 1.00 e. The van der Waals surface area contributed by atoms with Crippen molar-refractivity contribution in [1.29, 1.82) is 0 Å². The van der Waals surface area contributed by atoms with Gasteiger partial charge in [0.15, 0.2) is 0 Å².